The highest BCUT2D eigenvalue weighted by Crippen LogP contribution is 2.20. The van der Waals surface area contributed by atoms with E-state index in [1.807, 2.05) is 11.5 Å². The summed E-state index contributed by atoms with van der Waals surface area (Å²) in [4.78, 5) is 15.9. The third-order valence-electron chi connectivity index (χ3n) is 3.13. The van der Waals surface area contributed by atoms with Crippen molar-refractivity contribution in [3.8, 4) is 0 Å². The number of aromatic nitrogens is 2. The Bertz CT molecular complexity index is 558. The highest BCUT2D eigenvalue weighted by atomic mass is 16.5. The minimum absolute atomic E-state index is 0.0440. The first-order chi connectivity index (χ1) is 9.13. The van der Waals surface area contributed by atoms with Crippen molar-refractivity contribution in [2.45, 2.75) is 26.8 Å². The minimum atomic E-state index is -0.334. The van der Waals surface area contributed by atoms with Gasteiger partial charge in [0.05, 0.1) is 25.2 Å². The fourth-order valence-corrected chi connectivity index (χ4v) is 1.98. The van der Waals surface area contributed by atoms with E-state index in [4.69, 9.17) is 4.74 Å². The summed E-state index contributed by atoms with van der Waals surface area (Å²) in [6, 6.07) is 8.30. The standard InChI is InChI=1S/C15H18N2O2/c1-4-19-15(18)14-9-16-10-17(14)12(3)13-7-5-11(2)6-8-13/h5-10,12H,4H2,1-3H3/t12-/m1/s1. The molecule has 0 amide bonds. The number of carbonyl (C=O) groups excluding carboxylic acids is 1. The molecule has 0 fully saturated rings. The van der Waals surface area contributed by atoms with E-state index in [0.29, 0.717) is 12.3 Å². The highest BCUT2D eigenvalue weighted by molar-refractivity contribution is 5.87. The number of hydrogen-bond donors (Lipinski definition) is 0. The SMILES string of the molecule is CCOC(=O)c1cncn1[C@H](C)c1ccc(C)cc1. The molecule has 0 N–H and O–H groups in total. The summed E-state index contributed by atoms with van der Waals surface area (Å²) in [5, 5.41) is 0. The van der Waals surface area contributed by atoms with Gasteiger partial charge in [0.2, 0.25) is 0 Å². The molecule has 0 aliphatic rings. The maximum absolute atomic E-state index is 11.8. The fourth-order valence-electron chi connectivity index (χ4n) is 1.98. The molecule has 0 saturated carbocycles. The second-order valence-corrected chi connectivity index (χ2v) is 4.49. The van der Waals surface area contributed by atoms with Gasteiger partial charge in [0.1, 0.15) is 5.69 Å². The van der Waals surface area contributed by atoms with E-state index < -0.39 is 0 Å². The molecular weight excluding hydrogens is 240 g/mol. The van der Waals surface area contributed by atoms with Crippen molar-refractivity contribution in [1.82, 2.24) is 9.55 Å². The molecule has 4 heteroatoms. The van der Waals surface area contributed by atoms with E-state index in [1.54, 1.807) is 19.4 Å². The maximum Gasteiger partial charge on any atom is 0.356 e. The Hall–Kier alpha value is -2.10. The van der Waals surface area contributed by atoms with Crippen molar-refractivity contribution < 1.29 is 9.53 Å². The number of nitrogens with zero attached hydrogens (tertiary/aromatic N) is 2. The molecular formula is C15H18N2O2. The van der Waals surface area contributed by atoms with Crippen molar-refractivity contribution in [2.75, 3.05) is 6.61 Å². The lowest BCUT2D eigenvalue weighted by atomic mass is 10.1. The Kier molecular flexibility index (Phi) is 4.00. The van der Waals surface area contributed by atoms with Crippen LogP contribution in [0.25, 0.3) is 0 Å². The first-order valence-electron chi connectivity index (χ1n) is 6.39. The summed E-state index contributed by atoms with van der Waals surface area (Å²) in [5.74, 6) is -0.334. The molecule has 2 rings (SSSR count). The number of benzene rings is 1. The molecule has 1 atom stereocenters. The van der Waals surface area contributed by atoms with Crippen LogP contribution < -0.4 is 0 Å². The molecule has 0 bridgehead atoms. The molecule has 1 aromatic carbocycles. The van der Waals surface area contributed by atoms with Gasteiger partial charge in [-0.05, 0) is 26.3 Å². The number of imidazole rings is 1. The number of hydrogen-bond acceptors (Lipinski definition) is 3. The lowest BCUT2D eigenvalue weighted by molar-refractivity contribution is 0.0512. The van der Waals surface area contributed by atoms with E-state index in [2.05, 4.69) is 36.2 Å². The van der Waals surface area contributed by atoms with Crippen LogP contribution in [-0.4, -0.2) is 22.1 Å². The molecule has 100 valence electrons. The number of rotatable bonds is 4. The molecule has 0 radical (unpaired) electrons. The van der Waals surface area contributed by atoms with E-state index in [0.717, 1.165) is 5.56 Å². The zero-order valence-corrected chi connectivity index (χ0v) is 11.5. The van der Waals surface area contributed by atoms with Gasteiger partial charge in [0.15, 0.2) is 0 Å². The van der Waals surface area contributed by atoms with Crippen LogP contribution >= 0.6 is 0 Å². The summed E-state index contributed by atoms with van der Waals surface area (Å²) in [5.41, 5.74) is 2.83. The van der Waals surface area contributed by atoms with Crippen molar-refractivity contribution in [3.63, 3.8) is 0 Å². The molecule has 2 aromatic rings. The predicted octanol–water partition coefficient (Wildman–Crippen LogP) is 2.98. The topological polar surface area (TPSA) is 44.1 Å². The van der Waals surface area contributed by atoms with Crippen LogP contribution in [0, 0.1) is 6.92 Å². The number of aryl methyl sites for hydroxylation is 1. The van der Waals surface area contributed by atoms with Crippen LogP contribution in [0.15, 0.2) is 36.8 Å². The Morgan fingerprint density at radius 2 is 2.05 bits per heavy atom. The summed E-state index contributed by atoms with van der Waals surface area (Å²) in [6.45, 7) is 6.25. The molecule has 4 nitrogen and oxygen atoms in total. The summed E-state index contributed by atoms with van der Waals surface area (Å²) >= 11 is 0. The zero-order chi connectivity index (χ0) is 13.8. The van der Waals surface area contributed by atoms with Gasteiger partial charge in [-0.15, -0.1) is 0 Å². The van der Waals surface area contributed by atoms with E-state index >= 15 is 0 Å². The monoisotopic (exact) mass is 258 g/mol. The van der Waals surface area contributed by atoms with E-state index in [9.17, 15) is 4.79 Å². The van der Waals surface area contributed by atoms with Gasteiger partial charge in [0.25, 0.3) is 0 Å². The predicted molar refractivity (Wildman–Crippen MR) is 73.2 cm³/mol. The normalized spacial score (nSPS) is 12.2. The van der Waals surface area contributed by atoms with Crippen LogP contribution in [-0.2, 0) is 4.74 Å². The molecule has 0 spiro atoms. The molecule has 19 heavy (non-hydrogen) atoms. The molecule has 0 aliphatic carbocycles. The quantitative estimate of drug-likeness (QED) is 0.792. The van der Waals surface area contributed by atoms with Gasteiger partial charge in [-0.2, -0.15) is 0 Å². The average molecular weight is 258 g/mol. The van der Waals surface area contributed by atoms with Crippen molar-refractivity contribution >= 4 is 5.97 Å². The zero-order valence-electron chi connectivity index (χ0n) is 11.5. The van der Waals surface area contributed by atoms with Gasteiger partial charge >= 0.3 is 5.97 Å². The second-order valence-electron chi connectivity index (χ2n) is 4.49. The van der Waals surface area contributed by atoms with E-state index in [-0.39, 0.29) is 12.0 Å². The molecule has 0 saturated heterocycles. The summed E-state index contributed by atoms with van der Waals surface area (Å²) in [7, 11) is 0. The van der Waals surface area contributed by atoms with Crippen molar-refractivity contribution in [1.29, 1.82) is 0 Å². The van der Waals surface area contributed by atoms with Gasteiger partial charge in [-0.25, -0.2) is 9.78 Å². The van der Waals surface area contributed by atoms with Gasteiger partial charge in [-0.1, -0.05) is 29.8 Å². The average Bonchev–Trinajstić information content (AvgIpc) is 2.88. The maximum atomic E-state index is 11.8. The Balaban J connectivity index is 2.29. The first kappa shape index (κ1) is 13.3. The second kappa shape index (κ2) is 5.69. The number of ether oxygens (including phenoxy) is 1. The summed E-state index contributed by atoms with van der Waals surface area (Å²) < 4.78 is 6.87. The minimum Gasteiger partial charge on any atom is -0.461 e. The molecule has 1 heterocycles. The first-order valence-corrected chi connectivity index (χ1v) is 6.39. The third-order valence-corrected chi connectivity index (χ3v) is 3.13. The van der Waals surface area contributed by atoms with Gasteiger partial charge < -0.3 is 9.30 Å². The fraction of sp³-hybridized carbons (Fsp3) is 0.333. The van der Waals surface area contributed by atoms with Gasteiger partial charge in [-0.3, -0.25) is 0 Å². The Labute approximate surface area is 113 Å². The van der Waals surface area contributed by atoms with Crippen LogP contribution in [0.5, 0.6) is 0 Å². The molecule has 0 aliphatic heterocycles. The van der Waals surface area contributed by atoms with Crippen LogP contribution in [0.2, 0.25) is 0 Å². The Morgan fingerprint density at radius 1 is 1.37 bits per heavy atom. The van der Waals surface area contributed by atoms with Crippen LogP contribution in [0.3, 0.4) is 0 Å². The van der Waals surface area contributed by atoms with Crippen LogP contribution in [0.1, 0.15) is 41.5 Å². The van der Waals surface area contributed by atoms with E-state index in [1.165, 1.54) is 5.56 Å². The third kappa shape index (κ3) is 2.84. The van der Waals surface area contributed by atoms with Crippen LogP contribution in [0.4, 0.5) is 0 Å². The lowest BCUT2D eigenvalue weighted by Gasteiger charge is -2.16. The lowest BCUT2D eigenvalue weighted by Crippen LogP contribution is -2.15. The van der Waals surface area contributed by atoms with Crippen molar-refractivity contribution in [2.24, 2.45) is 0 Å². The molecule has 0 unspecified atom stereocenters. The highest BCUT2D eigenvalue weighted by Gasteiger charge is 2.17. The Morgan fingerprint density at radius 3 is 2.68 bits per heavy atom. The van der Waals surface area contributed by atoms with Gasteiger partial charge in [0, 0.05) is 0 Å². The largest absolute Gasteiger partial charge is 0.461 e. The van der Waals surface area contributed by atoms with Crippen molar-refractivity contribution in [3.05, 3.63) is 53.6 Å². The summed E-state index contributed by atoms with van der Waals surface area (Å²) in [6.07, 6.45) is 3.21. The molecule has 1 aromatic heterocycles. The smallest absolute Gasteiger partial charge is 0.356 e. The number of carbonyl (C=O) groups is 1. The number of esters is 1.